The fourth-order valence-electron chi connectivity index (χ4n) is 2.89. The number of rotatable bonds is 3. The second kappa shape index (κ2) is 4.86. The molecule has 1 aliphatic carbocycles. The smallest absolute Gasteiger partial charge is 0.0673 e. The van der Waals surface area contributed by atoms with Gasteiger partial charge in [0.05, 0.1) is 5.60 Å². The SMILES string of the molecule is CCC(C)C(C)(O)C1CCC(C)C(C)C1. The van der Waals surface area contributed by atoms with Crippen LogP contribution in [0.4, 0.5) is 0 Å². The average molecular weight is 212 g/mol. The predicted molar refractivity (Wildman–Crippen MR) is 65.7 cm³/mol. The molecule has 0 aliphatic heterocycles. The van der Waals surface area contributed by atoms with E-state index < -0.39 is 5.60 Å². The van der Waals surface area contributed by atoms with Crippen LogP contribution in [0.2, 0.25) is 0 Å². The fraction of sp³-hybridized carbons (Fsp3) is 1.00. The topological polar surface area (TPSA) is 20.2 Å². The molecule has 1 N–H and O–H groups in total. The van der Waals surface area contributed by atoms with Gasteiger partial charge in [-0.1, -0.05) is 40.5 Å². The van der Waals surface area contributed by atoms with E-state index in [-0.39, 0.29) is 0 Å². The number of hydrogen-bond donors (Lipinski definition) is 1. The molecule has 0 radical (unpaired) electrons. The molecule has 5 unspecified atom stereocenters. The molecule has 0 spiro atoms. The summed E-state index contributed by atoms with van der Waals surface area (Å²) in [6.45, 7) is 11.1. The van der Waals surface area contributed by atoms with E-state index >= 15 is 0 Å². The van der Waals surface area contributed by atoms with Crippen molar-refractivity contribution in [3.05, 3.63) is 0 Å². The van der Waals surface area contributed by atoms with Crippen molar-refractivity contribution in [2.24, 2.45) is 23.7 Å². The highest BCUT2D eigenvalue weighted by molar-refractivity contribution is 4.90. The van der Waals surface area contributed by atoms with Gasteiger partial charge in [0, 0.05) is 0 Å². The Hall–Kier alpha value is -0.0400. The van der Waals surface area contributed by atoms with Crippen LogP contribution < -0.4 is 0 Å². The molecule has 1 saturated carbocycles. The summed E-state index contributed by atoms with van der Waals surface area (Å²) in [4.78, 5) is 0. The molecule has 0 aromatic carbocycles. The van der Waals surface area contributed by atoms with E-state index in [1.807, 2.05) is 0 Å². The van der Waals surface area contributed by atoms with Gasteiger partial charge in [0.1, 0.15) is 0 Å². The van der Waals surface area contributed by atoms with Crippen molar-refractivity contribution < 1.29 is 5.11 Å². The monoisotopic (exact) mass is 212 g/mol. The van der Waals surface area contributed by atoms with Crippen LogP contribution >= 0.6 is 0 Å². The van der Waals surface area contributed by atoms with Gasteiger partial charge >= 0.3 is 0 Å². The van der Waals surface area contributed by atoms with Crippen LogP contribution in [-0.2, 0) is 0 Å². The second-order valence-electron chi connectivity index (χ2n) is 6.00. The molecule has 0 saturated heterocycles. The highest BCUT2D eigenvalue weighted by atomic mass is 16.3. The van der Waals surface area contributed by atoms with E-state index in [1.54, 1.807) is 0 Å². The van der Waals surface area contributed by atoms with Crippen molar-refractivity contribution in [2.75, 3.05) is 0 Å². The van der Waals surface area contributed by atoms with Crippen LogP contribution in [0.1, 0.15) is 60.3 Å². The Labute approximate surface area is 95.3 Å². The molecule has 1 heteroatoms. The van der Waals surface area contributed by atoms with Crippen molar-refractivity contribution in [2.45, 2.75) is 65.9 Å². The summed E-state index contributed by atoms with van der Waals surface area (Å²) in [5.74, 6) is 2.55. The first-order chi connectivity index (χ1) is 6.89. The van der Waals surface area contributed by atoms with Crippen molar-refractivity contribution in [1.29, 1.82) is 0 Å². The number of aliphatic hydroxyl groups is 1. The lowest BCUT2D eigenvalue weighted by atomic mass is 9.66. The maximum absolute atomic E-state index is 10.6. The van der Waals surface area contributed by atoms with Gasteiger partial charge in [-0.3, -0.25) is 0 Å². The average Bonchev–Trinajstić information content (AvgIpc) is 2.20. The summed E-state index contributed by atoms with van der Waals surface area (Å²) in [6.07, 6.45) is 4.78. The molecule has 0 aromatic rings. The third kappa shape index (κ3) is 2.75. The Morgan fingerprint density at radius 1 is 1.27 bits per heavy atom. The van der Waals surface area contributed by atoms with Crippen LogP contribution in [-0.4, -0.2) is 10.7 Å². The molecule has 0 heterocycles. The molecule has 0 bridgehead atoms. The molecule has 0 amide bonds. The zero-order chi connectivity index (χ0) is 11.6. The molecule has 15 heavy (non-hydrogen) atoms. The Balaban J connectivity index is 2.64. The normalized spacial score (nSPS) is 38.4. The van der Waals surface area contributed by atoms with Gasteiger partial charge in [0.15, 0.2) is 0 Å². The van der Waals surface area contributed by atoms with E-state index in [4.69, 9.17) is 0 Å². The molecule has 1 rings (SSSR count). The van der Waals surface area contributed by atoms with Gasteiger partial charge in [-0.05, 0) is 43.4 Å². The van der Waals surface area contributed by atoms with Crippen molar-refractivity contribution >= 4 is 0 Å². The lowest BCUT2D eigenvalue weighted by molar-refractivity contribution is -0.0726. The first kappa shape index (κ1) is 13.0. The lowest BCUT2D eigenvalue weighted by Gasteiger charge is -2.43. The highest BCUT2D eigenvalue weighted by Gasteiger charge is 2.39. The molecule has 5 atom stereocenters. The Bertz CT molecular complexity index is 198. The first-order valence-corrected chi connectivity index (χ1v) is 6.61. The van der Waals surface area contributed by atoms with Gasteiger partial charge in [0.2, 0.25) is 0 Å². The molecular formula is C14H28O. The summed E-state index contributed by atoms with van der Waals surface area (Å²) < 4.78 is 0. The van der Waals surface area contributed by atoms with Crippen LogP contribution in [0.25, 0.3) is 0 Å². The van der Waals surface area contributed by atoms with Crippen LogP contribution in [0.5, 0.6) is 0 Å². The van der Waals surface area contributed by atoms with Crippen molar-refractivity contribution in [1.82, 2.24) is 0 Å². The minimum absolute atomic E-state index is 0.420. The maximum Gasteiger partial charge on any atom is 0.0673 e. The first-order valence-electron chi connectivity index (χ1n) is 6.61. The Morgan fingerprint density at radius 2 is 1.87 bits per heavy atom. The minimum Gasteiger partial charge on any atom is -0.390 e. The third-order valence-electron chi connectivity index (χ3n) is 5.03. The zero-order valence-corrected chi connectivity index (χ0v) is 11.1. The highest BCUT2D eigenvalue weighted by Crippen LogP contribution is 2.42. The van der Waals surface area contributed by atoms with Crippen LogP contribution in [0, 0.1) is 23.7 Å². The zero-order valence-electron chi connectivity index (χ0n) is 11.1. The van der Waals surface area contributed by atoms with Gasteiger partial charge in [-0.25, -0.2) is 0 Å². The molecule has 1 fully saturated rings. The fourth-order valence-corrected chi connectivity index (χ4v) is 2.89. The number of hydrogen-bond acceptors (Lipinski definition) is 1. The molecule has 1 aliphatic rings. The van der Waals surface area contributed by atoms with E-state index in [9.17, 15) is 5.11 Å². The van der Waals surface area contributed by atoms with Gasteiger partial charge < -0.3 is 5.11 Å². The Kier molecular flexibility index (Phi) is 4.22. The predicted octanol–water partition coefficient (Wildman–Crippen LogP) is 3.86. The van der Waals surface area contributed by atoms with Crippen LogP contribution in [0.3, 0.4) is 0 Å². The molecule has 90 valence electrons. The summed E-state index contributed by atoms with van der Waals surface area (Å²) >= 11 is 0. The van der Waals surface area contributed by atoms with Gasteiger partial charge in [0.25, 0.3) is 0 Å². The minimum atomic E-state index is -0.455. The quantitative estimate of drug-likeness (QED) is 0.753. The van der Waals surface area contributed by atoms with E-state index in [2.05, 4.69) is 34.6 Å². The summed E-state index contributed by atoms with van der Waals surface area (Å²) in [7, 11) is 0. The molecular weight excluding hydrogens is 184 g/mol. The van der Waals surface area contributed by atoms with Gasteiger partial charge in [-0.15, -0.1) is 0 Å². The maximum atomic E-state index is 10.6. The standard InChI is InChI=1S/C14H28O/c1-6-12(4)14(5,15)13-8-7-10(2)11(3)9-13/h10-13,15H,6-9H2,1-5H3. The second-order valence-corrected chi connectivity index (χ2v) is 6.00. The largest absolute Gasteiger partial charge is 0.390 e. The van der Waals surface area contributed by atoms with E-state index in [0.29, 0.717) is 11.8 Å². The van der Waals surface area contributed by atoms with Crippen LogP contribution in [0.15, 0.2) is 0 Å². The summed E-state index contributed by atoms with van der Waals surface area (Å²) in [6, 6.07) is 0. The Morgan fingerprint density at radius 3 is 2.33 bits per heavy atom. The molecule has 1 nitrogen and oxygen atoms in total. The van der Waals surface area contributed by atoms with Crippen molar-refractivity contribution in [3.63, 3.8) is 0 Å². The molecule has 0 aromatic heterocycles. The third-order valence-corrected chi connectivity index (χ3v) is 5.03. The summed E-state index contributed by atoms with van der Waals surface area (Å²) in [5.41, 5.74) is -0.455. The summed E-state index contributed by atoms with van der Waals surface area (Å²) in [5, 5.41) is 10.6. The lowest BCUT2D eigenvalue weighted by Crippen LogP contribution is -2.43. The van der Waals surface area contributed by atoms with Gasteiger partial charge in [-0.2, -0.15) is 0 Å². The van der Waals surface area contributed by atoms with E-state index in [1.165, 1.54) is 19.3 Å². The van der Waals surface area contributed by atoms with Crippen molar-refractivity contribution in [3.8, 4) is 0 Å². The van der Waals surface area contributed by atoms with E-state index in [0.717, 1.165) is 18.3 Å².